The van der Waals surface area contributed by atoms with E-state index < -0.39 is 0 Å². The van der Waals surface area contributed by atoms with Crippen molar-refractivity contribution in [1.29, 1.82) is 0 Å². The fraction of sp³-hybridized carbons (Fsp3) is 0.500. The van der Waals surface area contributed by atoms with Crippen molar-refractivity contribution in [3.8, 4) is 0 Å². The van der Waals surface area contributed by atoms with Gasteiger partial charge in [0, 0.05) is 14.2 Å². The van der Waals surface area contributed by atoms with Gasteiger partial charge in [0.2, 0.25) is 0 Å². The minimum absolute atomic E-state index is 0.0540. The van der Waals surface area contributed by atoms with Crippen LogP contribution in [-0.2, 0) is 16.1 Å². The summed E-state index contributed by atoms with van der Waals surface area (Å²) in [6.07, 6.45) is 0.521. The predicted molar refractivity (Wildman–Crippen MR) is 70.3 cm³/mol. The number of carbonyl (C=O) groups excluding carboxylic acids is 1. The first kappa shape index (κ1) is 14.5. The summed E-state index contributed by atoms with van der Waals surface area (Å²) in [4.78, 5) is 13.4. The number of hydrogen-bond donors (Lipinski definition) is 0. The molecule has 18 heavy (non-hydrogen) atoms. The molecule has 1 amide bonds. The first-order valence-electron chi connectivity index (χ1n) is 6.11. The lowest BCUT2D eigenvalue weighted by atomic mass is 10.2. The summed E-state index contributed by atoms with van der Waals surface area (Å²) in [6, 6.07) is 9.69. The molecule has 1 unspecified atom stereocenters. The van der Waals surface area contributed by atoms with E-state index in [4.69, 9.17) is 9.47 Å². The Kier molecular flexibility index (Phi) is 6.22. The van der Waals surface area contributed by atoms with Crippen LogP contribution in [0.3, 0.4) is 0 Å². The summed E-state index contributed by atoms with van der Waals surface area (Å²) in [5.74, 6) is 0. The van der Waals surface area contributed by atoms with E-state index in [9.17, 15) is 4.79 Å². The smallest absolute Gasteiger partial charge is 0.410 e. The van der Waals surface area contributed by atoms with Crippen molar-refractivity contribution in [3.63, 3.8) is 0 Å². The Labute approximate surface area is 108 Å². The molecule has 1 aromatic carbocycles. The largest absolute Gasteiger partial charge is 0.445 e. The Morgan fingerprint density at radius 3 is 2.56 bits per heavy atom. The zero-order valence-corrected chi connectivity index (χ0v) is 11.3. The van der Waals surface area contributed by atoms with Crippen LogP contribution in [0.1, 0.15) is 18.9 Å². The maximum Gasteiger partial charge on any atom is 0.410 e. The number of hydrogen-bond acceptors (Lipinski definition) is 3. The summed E-state index contributed by atoms with van der Waals surface area (Å²) in [6.45, 7) is 2.84. The minimum Gasteiger partial charge on any atom is -0.445 e. The van der Waals surface area contributed by atoms with Gasteiger partial charge >= 0.3 is 6.09 Å². The maximum atomic E-state index is 11.8. The number of carbonyl (C=O) groups is 1. The maximum absolute atomic E-state index is 11.8. The van der Waals surface area contributed by atoms with E-state index in [2.05, 4.69) is 0 Å². The van der Waals surface area contributed by atoms with Crippen molar-refractivity contribution < 1.29 is 14.3 Å². The Bertz CT molecular complexity index is 353. The number of nitrogens with zero attached hydrogens (tertiary/aromatic N) is 1. The number of rotatable bonds is 6. The molecule has 4 nitrogen and oxygen atoms in total. The molecule has 1 aromatic rings. The fourth-order valence-electron chi connectivity index (χ4n) is 1.67. The molecule has 0 aliphatic heterocycles. The average molecular weight is 251 g/mol. The van der Waals surface area contributed by atoms with E-state index in [1.165, 1.54) is 0 Å². The molecular formula is C14H21NO3. The molecule has 0 fully saturated rings. The monoisotopic (exact) mass is 251 g/mol. The number of ether oxygens (including phenoxy) is 2. The molecule has 1 rings (SSSR count). The van der Waals surface area contributed by atoms with Crippen LogP contribution in [0.4, 0.5) is 4.79 Å². The lowest BCUT2D eigenvalue weighted by Gasteiger charge is -2.25. The predicted octanol–water partition coefficient (Wildman–Crippen LogP) is 2.68. The van der Waals surface area contributed by atoms with Gasteiger partial charge in [-0.25, -0.2) is 4.79 Å². The topological polar surface area (TPSA) is 38.8 Å². The SMILES string of the molecule is CCC(COC)N(C)C(=O)OCc1ccccc1. The Morgan fingerprint density at radius 1 is 1.33 bits per heavy atom. The highest BCUT2D eigenvalue weighted by molar-refractivity contribution is 5.67. The normalized spacial score (nSPS) is 11.9. The summed E-state index contributed by atoms with van der Waals surface area (Å²) < 4.78 is 10.3. The van der Waals surface area contributed by atoms with E-state index in [0.29, 0.717) is 13.2 Å². The molecule has 0 N–H and O–H groups in total. The van der Waals surface area contributed by atoms with Crippen LogP contribution in [0.25, 0.3) is 0 Å². The van der Waals surface area contributed by atoms with Gasteiger partial charge < -0.3 is 14.4 Å². The van der Waals surface area contributed by atoms with Crippen molar-refractivity contribution in [1.82, 2.24) is 4.90 Å². The van der Waals surface area contributed by atoms with Gasteiger partial charge in [-0.3, -0.25) is 0 Å². The molecule has 0 bridgehead atoms. The second-order valence-corrected chi connectivity index (χ2v) is 4.17. The third-order valence-electron chi connectivity index (χ3n) is 2.87. The molecule has 0 aromatic heterocycles. The third kappa shape index (κ3) is 4.37. The second-order valence-electron chi connectivity index (χ2n) is 4.17. The van der Waals surface area contributed by atoms with E-state index in [-0.39, 0.29) is 12.1 Å². The molecule has 4 heteroatoms. The molecule has 0 aliphatic carbocycles. The van der Waals surface area contributed by atoms with Gasteiger partial charge in [-0.05, 0) is 12.0 Å². The summed E-state index contributed by atoms with van der Waals surface area (Å²) in [5, 5.41) is 0. The highest BCUT2D eigenvalue weighted by Crippen LogP contribution is 2.07. The van der Waals surface area contributed by atoms with E-state index in [1.54, 1.807) is 19.1 Å². The first-order valence-corrected chi connectivity index (χ1v) is 6.11. The third-order valence-corrected chi connectivity index (χ3v) is 2.87. The first-order chi connectivity index (χ1) is 8.69. The zero-order valence-electron chi connectivity index (χ0n) is 11.3. The lowest BCUT2D eigenvalue weighted by Crippen LogP contribution is -2.39. The fourth-order valence-corrected chi connectivity index (χ4v) is 1.67. The van der Waals surface area contributed by atoms with Crippen LogP contribution < -0.4 is 0 Å². The van der Waals surface area contributed by atoms with Crippen LogP contribution in [0.2, 0.25) is 0 Å². The zero-order chi connectivity index (χ0) is 13.4. The molecular weight excluding hydrogens is 230 g/mol. The van der Waals surface area contributed by atoms with Gasteiger partial charge in [-0.2, -0.15) is 0 Å². The molecule has 0 radical (unpaired) electrons. The Hall–Kier alpha value is -1.55. The standard InChI is InChI=1S/C14H21NO3/c1-4-13(11-17-3)15(2)14(16)18-10-12-8-6-5-7-9-12/h5-9,13H,4,10-11H2,1-3H3. The molecule has 0 spiro atoms. The summed E-state index contributed by atoms with van der Waals surface area (Å²) >= 11 is 0. The van der Waals surface area contributed by atoms with E-state index in [0.717, 1.165) is 12.0 Å². The minimum atomic E-state index is -0.317. The van der Waals surface area contributed by atoms with Crippen molar-refractivity contribution in [2.75, 3.05) is 20.8 Å². The number of methoxy groups -OCH3 is 1. The summed E-state index contributed by atoms with van der Waals surface area (Å²) in [5.41, 5.74) is 0.985. The lowest BCUT2D eigenvalue weighted by molar-refractivity contribution is 0.0644. The van der Waals surface area contributed by atoms with Crippen molar-refractivity contribution >= 4 is 6.09 Å². The quantitative estimate of drug-likeness (QED) is 0.780. The van der Waals surface area contributed by atoms with Crippen LogP contribution in [-0.4, -0.2) is 37.8 Å². The van der Waals surface area contributed by atoms with Crippen molar-refractivity contribution in [2.45, 2.75) is 26.0 Å². The number of amides is 1. The molecule has 100 valence electrons. The van der Waals surface area contributed by atoms with Gasteiger partial charge in [-0.15, -0.1) is 0 Å². The van der Waals surface area contributed by atoms with Gasteiger partial charge in [0.25, 0.3) is 0 Å². The molecule has 0 saturated carbocycles. The van der Waals surface area contributed by atoms with Gasteiger partial charge in [0.1, 0.15) is 6.61 Å². The second kappa shape index (κ2) is 7.71. The van der Waals surface area contributed by atoms with Crippen LogP contribution in [0.15, 0.2) is 30.3 Å². The summed E-state index contributed by atoms with van der Waals surface area (Å²) in [7, 11) is 3.37. The van der Waals surface area contributed by atoms with Crippen LogP contribution >= 0.6 is 0 Å². The molecule has 0 saturated heterocycles. The van der Waals surface area contributed by atoms with Gasteiger partial charge in [0.05, 0.1) is 12.6 Å². The molecule has 0 heterocycles. The van der Waals surface area contributed by atoms with Gasteiger partial charge in [-0.1, -0.05) is 37.3 Å². The highest BCUT2D eigenvalue weighted by Gasteiger charge is 2.19. The van der Waals surface area contributed by atoms with Crippen molar-refractivity contribution in [2.24, 2.45) is 0 Å². The Balaban J connectivity index is 2.44. The Morgan fingerprint density at radius 2 is 2.00 bits per heavy atom. The molecule has 0 aliphatic rings. The van der Waals surface area contributed by atoms with Crippen LogP contribution in [0, 0.1) is 0 Å². The van der Waals surface area contributed by atoms with E-state index in [1.807, 2.05) is 37.3 Å². The van der Waals surface area contributed by atoms with E-state index >= 15 is 0 Å². The van der Waals surface area contributed by atoms with Crippen LogP contribution in [0.5, 0.6) is 0 Å². The number of benzene rings is 1. The average Bonchev–Trinajstić information content (AvgIpc) is 2.42. The number of likely N-dealkylation sites (N-methyl/N-ethyl adjacent to an activating group) is 1. The highest BCUT2D eigenvalue weighted by atomic mass is 16.6. The molecule has 1 atom stereocenters. The van der Waals surface area contributed by atoms with Crippen molar-refractivity contribution in [3.05, 3.63) is 35.9 Å². The van der Waals surface area contributed by atoms with Gasteiger partial charge in [0.15, 0.2) is 0 Å².